The zero-order valence-electron chi connectivity index (χ0n) is 23.6. The largest absolute Gasteiger partial charge is 0.357 e. The number of fused-ring (bicyclic) bond motifs is 1. The van der Waals surface area contributed by atoms with Gasteiger partial charge in [-0.2, -0.15) is 0 Å². The van der Waals surface area contributed by atoms with Crippen molar-refractivity contribution in [3.05, 3.63) is 96.1 Å². The summed E-state index contributed by atoms with van der Waals surface area (Å²) in [5.74, 6) is -0.876. The van der Waals surface area contributed by atoms with Crippen molar-refractivity contribution in [1.82, 2.24) is 15.1 Å². The van der Waals surface area contributed by atoms with Gasteiger partial charge in [-0.15, -0.1) is 0 Å². The number of likely N-dealkylation sites (N-methyl/N-ethyl adjacent to an activating group) is 3. The number of nitrogens with one attached hydrogen (secondary N) is 1. The topological polar surface area (TPSA) is 95.7 Å². The van der Waals surface area contributed by atoms with Crippen molar-refractivity contribution in [3.8, 4) is 0 Å². The summed E-state index contributed by atoms with van der Waals surface area (Å²) in [4.78, 5) is 43.3. The minimum Gasteiger partial charge on any atom is -0.357 e. The van der Waals surface area contributed by atoms with Crippen molar-refractivity contribution in [2.45, 2.75) is 50.7 Å². The van der Waals surface area contributed by atoms with Crippen LogP contribution in [0.15, 0.2) is 84.9 Å². The Balaban J connectivity index is 1.97. The van der Waals surface area contributed by atoms with Gasteiger partial charge in [-0.3, -0.25) is 14.4 Å². The smallest absolute Gasteiger partial charge is 0.246 e. The van der Waals surface area contributed by atoms with Crippen LogP contribution in [0.5, 0.6) is 0 Å². The van der Waals surface area contributed by atoms with E-state index < -0.39 is 17.6 Å². The Hall–Kier alpha value is -3.97. The van der Waals surface area contributed by atoms with E-state index in [1.54, 1.807) is 27.2 Å². The molecule has 0 unspecified atom stereocenters. The zero-order chi connectivity index (χ0) is 28.6. The van der Waals surface area contributed by atoms with Crippen molar-refractivity contribution in [2.75, 3.05) is 21.1 Å². The highest BCUT2D eigenvalue weighted by atomic mass is 16.2. The number of hydrogen-bond acceptors (Lipinski definition) is 4. The molecule has 0 radical (unpaired) electrons. The molecule has 0 fully saturated rings. The van der Waals surface area contributed by atoms with Gasteiger partial charge >= 0.3 is 0 Å². The summed E-state index contributed by atoms with van der Waals surface area (Å²) in [5, 5.41) is 4.77. The second kappa shape index (κ2) is 13.2. The van der Waals surface area contributed by atoms with Crippen molar-refractivity contribution in [2.24, 2.45) is 5.73 Å². The summed E-state index contributed by atoms with van der Waals surface area (Å²) in [5.41, 5.74) is 7.50. The van der Waals surface area contributed by atoms with Gasteiger partial charge in [0.15, 0.2) is 0 Å². The molecule has 0 spiro atoms. The number of hydrogen-bond donors (Lipinski definition) is 2. The molecule has 3 aromatic rings. The van der Waals surface area contributed by atoms with Gasteiger partial charge in [-0.1, -0.05) is 78.9 Å². The van der Waals surface area contributed by atoms with E-state index >= 15 is 0 Å². The molecule has 3 rings (SSSR count). The molecule has 0 heterocycles. The fourth-order valence-electron chi connectivity index (χ4n) is 4.60. The molecule has 3 aromatic carbocycles. The van der Waals surface area contributed by atoms with Crippen LogP contribution in [0.1, 0.15) is 31.4 Å². The number of carbonyl (C=O) groups is 3. The molecule has 0 aliphatic heterocycles. The third-order valence-corrected chi connectivity index (χ3v) is 6.93. The van der Waals surface area contributed by atoms with E-state index in [9.17, 15) is 14.4 Å². The third-order valence-electron chi connectivity index (χ3n) is 6.93. The molecule has 3 N–H and O–H groups in total. The average molecular weight is 529 g/mol. The summed E-state index contributed by atoms with van der Waals surface area (Å²) >= 11 is 0. The molecule has 2 atom stereocenters. The van der Waals surface area contributed by atoms with Crippen LogP contribution in [-0.4, -0.2) is 66.3 Å². The van der Waals surface area contributed by atoms with Crippen LogP contribution in [0.25, 0.3) is 10.8 Å². The molecule has 0 saturated heterocycles. The maximum Gasteiger partial charge on any atom is 0.246 e. The van der Waals surface area contributed by atoms with Crippen LogP contribution < -0.4 is 11.1 Å². The van der Waals surface area contributed by atoms with Crippen LogP contribution >= 0.6 is 0 Å². The summed E-state index contributed by atoms with van der Waals surface area (Å²) < 4.78 is 0. The van der Waals surface area contributed by atoms with Crippen LogP contribution in [0.3, 0.4) is 0 Å². The zero-order valence-corrected chi connectivity index (χ0v) is 23.6. The van der Waals surface area contributed by atoms with Crippen molar-refractivity contribution >= 4 is 28.5 Å². The van der Waals surface area contributed by atoms with E-state index in [-0.39, 0.29) is 17.7 Å². The van der Waals surface area contributed by atoms with E-state index in [0.717, 1.165) is 21.9 Å². The van der Waals surface area contributed by atoms with Crippen LogP contribution in [0.2, 0.25) is 0 Å². The predicted octanol–water partition coefficient (Wildman–Crippen LogP) is 3.71. The molecule has 7 heteroatoms. The molecule has 0 bridgehead atoms. The lowest BCUT2D eigenvalue weighted by Gasteiger charge is -2.34. The maximum absolute atomic E-state index is 14.1. The van der Waals surface area contributed by atoms with Gasteiger partial charge in [0.1, 0.15) is 12.1 Å². The molecular weight excluding hydrogens is 488 g/mol. The SMILES string of the molecule is CNC(=O)[C@@H](Cc1ccccc1)N(C)C(=O)[C@@H](Cc1cccc2ccccc12)N(C)C(=O)/C=C/CC(C)(C)N. The van der Waals surface area contributed by atoms with Crippen LogP contribution in [0.4, 0.5) is 0 Å². The van der Waals surface area contributed by atoms with E-state index in [1.165, 1.54) is 15.9 Å². The molecule has 0 aliphatic rings. The summed E-state index contributed by atoms with van der Waals surface area (Å²) in [6, 6.07) is 22.0. The summed E-state index contributed by atoms with van der Waals surface area (Å²) in [7, 11) is 4.83. The Labute approximate surface area is 231 Å². The van der Waals surface area contributed by atoms with Gasteiger partial charge in [0.25, 0.3) is 0 Å². The number of carbonyl (C=O) groups excluding carboxylic acids is 3. The van der Waals surface area contributed by atoms with Gasteiger partial charge in [-0.25, -0.2) is 0 Å². The Kier molecular flexibility index (Phi) is 10.0. The highest BCUT2D eigenvalue weighted by Gasteiger charge is 2.34. The Morgan fingerprint density at radius 1 is 0.872 bits per heavy atom. The van der Waals surface area contributed by atoms with Gasteiger partial charge in [-0.05, 0) is 48.2 Å². The highest BCUT2D eigenvalue weighted by molar-refractivity contribution is 5.95. The summed E-state index contributed by atoms with van der Waals surface area (Å²) in [6.45, 7) is 3.78. The Morgan fingerprint density at radius 3 is 2.18 bits per heavy atom. The maximum atomic E-state index is 14.1. The predicted molar refractivity (Wildman–Crippen MR) is 157 cm³/mol. The second-order valence-electron chi connectivity index (χ2n) is 10.7. The van der Waals surface area contributed by atoms with Gasteiger partial charge < -0.3 is 20.9 Å². The number of nitrogens with zero attached hydrogens (tertiary/aromatic N) is 2. The first kappa shape index (κ1) is 29.6. The number of benzene rings is 3. The number of nitrogens with two attached hydrogens (primary N) is 1. The molecule has 39 heavy (non-hydrogen) atoms. The average Bonchev–Trinajstić information content (AvgIpc) is 2.93. The first-order valence-corrected chi connectivity index (χ1v) is 13.2. The van der Waals surface area contributed by atoms with Crippen molar-refractivity contribution in [1.29, 1.82) is 0 Å². The van der Waals surface area contributed by atoms with Gasteiger partial charge in [0, 0.05) is 39.5 Å². The minimum atomic E-state index is -0.827. The van der Waals surface area contributed by atoms with E-state index in [2.05, 4.69) is 5.32 Å². The highest BCUT2D eigenvalue weighted by Crippen LogP contribution is 2.22. The quantitative estimate of drug-likeness (QED) is 0.371. The fraction of sp³-hybridized carbons (Fsp3) is 0.344. The lowest BCUT2D eigenvalue weighted by molar-refractivity contribution is -0.146. The van der Waals surface area contributed by atoms with Gasteiger partial charge in [0.2, 0.25) is 17.7 Å². The second-order valence-corrected chi connectivity index (χ2v) is 10.7. The fourth-order valence-corrected chi connectivity index (χ4v) is 4.60. The minimum absolute atomic E-state index is 0.266. The molecule has 206 valence electrons. The lowest BCUT2D eigenvalue weighted by atomic mass is 9.96. The van der Waals surface area contributed by atoms with Gasteiger partial charge in [0.05, 0.1) is 0 Å². The van der Waals surface area contributed by atoms with Crippen molar-refractivity contribution in [3.63, 3.8) is 0 Å². The monoisotopic (exact) mass is 528 g/mol. The number of rotatable bonds is 11. The first-order valence-electron chi connectivity index (χ1n) is 13.2. The molecule has 0 aromatic heterocycles. The molecule has 0 saturated carbocycles. The van der Waals surface area contributed by atoms with Crippen LogP contribution in [0, 0.1) is 0 Å². The molecule has 0 aliphatic carbocycles. The standard InChI is InChI=1S/C32H40N4O3/c1-32(2,33)20-12-19-29(37)35(4)28(22-25-17-11-16-24-15-9-10-18-26(24)25)31(39)36(5)27(30(38)34-3)21-23-13-7-6-8-14-23/h6-19,27-28H,20-22,33H2,1-5H3,(H,34,38)/b19-12+/t27-,28-/m1/s1. The molecule has 3 amide bonds. The van der Waals surface area contributed by atoms with E-state index in [1.807, 2.05) is 86.6 Å². The Morgan fingerprint density at radius 2 is 1.51 bits per heavy atom. The molecule has 7 nitrogen and oxygen atoms in total. The van der Waals surface area contributed by atoms with Crippen molar-refractivity contribution < 1.29 is 14.4 Å². The lowest BCUT2D eigenvalue weighted by Crippen LogP contribution is -2.55. The third kappa shape index (κ3) is 8.01. The number of amides is 3. The normalized spacial score (nSPS) is 13.2. The van der Waals surface area contributed by atoms with Crippen LogP contribution in [-0.2, 0) is 27.2 Å². The van der Waals surface area contributed by atoms with E-state index in [0.29, 0.717) is 19.3 Å². The first-order chi connectivity index (χ1) is 18.5. The van der Waals surface area contributed by atoms with E-state index in [4.69, 9.17) is 5.73 Å². The molecular formula is C32H40N4O3. The summed E-state index contributed by atoms with van der Waals surface area (Å²) in [6.07, 6.45) is 4.38. The Bertz CT molecular complexity index is 1310.